The van der Waals surface area contributed by atoms with Gasteiger partial charge in [0.25, 0.3) is 5.56 Å². The molecule has 2 heterocycles. The van der Waals surface area contributed by atoms with Crippen molar-refractivity contribution in [3.8, 4) is 5.75 Å². The Kier molecular flexibility index (Phi) is 6.70. The van der Waals surface area contributed by atoms with E-state index in [1.807, 2.05) is 68.4 Å². The number of carbonyl (C=O) groups is 1. The third kappa shape index (κ3) is 5.04. The van der Waals surface area contributed by atoms with Crippen molar-refractivity contribution in [2.24, 2.45) is 0 Å². The zero-order chi connectivity index (χ0) is 23.4. The highest BCUT2D eigenvalue weighted by Gasteiger charge is 2.19. The van der Waals surface area contributed by atoms with E-state index in [2.05, 4.69) is 9.97 Å². The molecule has 0 aliphatic heterocycles. The lowest BCUT2D eigenvalue weighted by Crippen LogP contribution is -2.15. The van der Waals surface area contributed by atoms with Crippen LogP contribution in [0, 0.1) is 13.8 Å². The van der Waals surface area contributed by atoms with Crippen molar-refractivity contribution >= 4 is 39.2 Å². The fourth-order valence-electron chi connectivity index (χ4n) is 3.42. The number of aromatic nitrogens is 2. The van der Waals surface area contributed by atoms with Crippen molar-refractivity contribution in [2.45, 2.75) is 27.4 Å². The predicted octanol–water partition coefficient (Wildman–Crippen LogP) is 5.28. The van der Waals surface area contributed by atoms with Crippen LogP contribution in [-0.4, -0.2) is 22.5 Å². The van der Waals surface area contributed by atoms with Crippen LogP contribution in [0.2, 0.25) is 0 Å². The van der Waals surface area contributed by atoms with E-state index < -0.39 is 5.97 Å². The summed E-state index contributed by atoms with van der Waals surface area (Å²) < 4.78 is 11.2. The van der Waals surface area contributed by atoms with E-state index in [-0.39, 0.29) is 23.6 Å². The van der Waals surface area contributed by atoms with Gasteiger partial charge in [0.05, 0.1) is 12.0 Å². The lowest BCUT2D eigenvalue weighted by atomic mass is 10.1. The van der Waals surface area contributed by atoms with Gasteiger partial charge < -0.3 is 14.5 Å². The Labute approximate surface area is 195 Å². The molecule has 4 rings (SSSR count). The molecule has 1 N–H and O–H groups in total. The van der Waals surface area contributed by atoms with Crippen LogP contribution in [-0.2, 0) is 16.1 Å². The smallest absolute Gasteiger partial charge is 0.341 e. The molecule has 2 aromatic heterocycles. The number of carbonyl (C=O) groups excluding carboxylic acids is 1. The predicted molar refractivity (Wildman–Crippen MR) is 131 cm³/mol. The normalized spacial score (nSPS) is 11.5. The first-order valence-electron chi connectivity index (χ1n) is 10.6. The number of fused-ring (bicyclic) bond motifs is 1. The summed E-state index contributed by atoms with van der Waals surface area (Å²) in [5.41, 5.74) is 2.60. The quantitative estimate of drug-likeness (QED) is 0.300. The summed E-state index contributed by atoms with van der Waals surface area (Å²) >= 11 is 1.43. The minimum Gasteiger partial charge on any atom is -0.489 e. The minimum atomic E-state index is -0.555. The molecule has 7 heteroatoms. The molecule has 33 heavy (non-hydrogen) atoms. The first-order chi connectivity index (χ1) is 16.0. The summed E-state index contributed by atoms with van der Waals surface area (Å²) in [6.45, 7) is 6.22. The van der Waals surface area contributed by atoms with E-state index in [9.17, 15) is 9.59 Å². The Balaban J connectivity index is 1.71. The molecule has 0 atom stereocenters. The molecular formula is C26H24N2O4S. The highest BCUT2D eigenvalue weighted by Crippen LogP contribution is 2.28. The summed E-state index contributed by atoms with van der Waals surface area (Å²) in [5, 5.41) is 0.556. The molecule has 2 aromatic carbocycles. The summed E-state index contributed by atoms with van der Waals surface area (Å²) in [5.74, 6) is 0.292. The molecular weight excluding hydrogens is 436 g/mol. The number of ether oxygens (including phenoxy) is 2. The number of benzene rings is 2. The monoisotopic (exact) mass is 460 g/mol. The third-order valence-electron chi connectivity index (χ3n) is 5.21. The van der Waals surface area contributed by atoms with Gasteiger partial charge in [-0.15, -0.1) is 11.3 Å². The number of thiophene rings is 1. The lowest BCUT2D eigenvalue weighted by Gasteiger charge is -2.09. The van der Waals surface area contributed by atoms with Gasteiger partial charge in [-0.1, -0.05) is 42.5 Å². The van der Waals surface area contributed by atoms with Gasteiger partial charge in [0, 0.05) is 4.88 Å². The molecule has 0 radical (unpaired) electrons. The zero-order valence-corrected chi connectivity index (χ0v) is 19.5. The van der Waals surface area contributed by atoms with Gasteiger partial charge in [0.2, 0.25) is 0 Å². The van der Waals surface area contributed by atoms with Gasteiger partial charge in [-0.3, -0.25) is 4.79 Å². The largest absolute Gasteiger partial charge is 0.489 e. The van der Waals surface area contributed by atoms with Gasteiger partial charge in [-0.25, -0.2) is 9.78 Å². The number of rotatable bonds is 7. The van der Waals surface area contributed by atoms with E-state index in [0.29, 0.717) is 22.6 Å². The molecule has 4 aromatic rings. The lowest BCUT2D eigenvalue weighted by molar-refractivity contribution is -0.136. The van der Waals surface area contributed by atoms with Crippen LogP contribution >= 0.6 is 11.3 Å². The molecule has 0 fully saturated rings. The summed E-state index contributed by atoms with van der Waals surface area (Å²) in [6.07, 6.45) is 1.66. The second-order valence-electron chi connectivity index (χ2n) is 7.50. The first-order valence-corrected chi connectivity index (χ1v) is 11.4. The number of hydrogen-bond donors (Lipinski definition) is 1. The molecule has 0 unspecified atom stereocenters. The molecule has 0 aliphatic rings. The molecule has 0 saturated carbocycles. The first kappa shape index (κ1) is 22.5. The highest BCUT2D eigenvalue weighted by molar-refractivity contribution is 7.18. The average Bonchev–Trinajstić information content (AvgIpc) is 3.11. The number of esters is 1. The second-order valence-corrected chi connectivity index (χ2v) is 8.71. The van der Waals surface area contributed by atoms with Gasteiger partial charge in [0.1, 0.15) is 28.6 Å². The second kappa shape index (κ2) is 9.83. The van der Waals surface area contributed by atoms with E-state index in [1.165, 1.54) is 11.3 Å². The van der Waals surface area contributed by atoms with Crippen molar-refractivity contribution < 1.29 is 14.3 Å². The van der Waals surface area contributed by atoms with Crippen molar-refractivity contribution in [3.63, 3.8) is 0 Å². The number of nitrogens with one attached hydrogen (secondary N) is 1. The number of aromatic amines is 1. The number of hydrogen-bond acceptors (Lipinski definition) is 6. The molecule has 0 amide bonds. The maximum absolute atomic E-state index is 12.8. The van der Waals surface area contributed by atoms with E-state index in [4.69, 9.17) is 9.47 Å². The fourth-order valence-corrected chi connectivity index (χ4v) is 4.45. The summed E-state index contributed by atoms with van der Waals surface area (Å²) in [6, 6.07) is 17.3. The Morgan fingerprint density at radius 2 is 1.91 bits per heavy atom. The molecule has 0 bridgehead atoms. The van der Waals surface area contributed by atoms with Crippen LogP contribution in [0.1, 0.15) is 34.3 Å². The zero-order valence-electron chi connectivity index (χ0n) is 18.7. The van der Waals surface area contributed by atoms with Gasteiger partial charge >= 0.3 is 5.97 Å². The Hall–Kier alpha value is -3.71. The Morgan fingerprint density at radius 1 is 1.12 bits per heavy atom. The van der Waals surface area contributed by atoms with Gasteiger partial charge in [-0.2, -0.15) is 0 Å². The molecule has 168 valence electrons. The fraction of sp³-hybridized carbons (Fsp3) is 0.192. The van der Waals surface area contributed by atoms with E-state index in [1.54, 1.807) is 13.0 Å². The maximum atomic E-state index is 12.8. The molecule has 0 aliphatic carbocycles. The SMILES string of the molecule is CCOC(=O)/C(=C\c1cccc(OCc2ccccc2)c1)c1nc2sc(C)c(C)c2c(=O)[nH]1. The van der Waals surface area contributed by atoms with Gasteiger partial charge in [-0.05, 0) is 55.7 Å². The molecule has 0 saturated heterocycles. The number of nitrogens with zero attached hydrogens (tertiary/aromatic N) is 1. The van der Waals surface area contributed by atoms with Crippen molar-refractivity contribution in [1.82, 2.24) is 9.97 Å². The summed E-state index contributed by atoms with van der Waals surface area (Å²) in [4.78, 5) is 34.5. The Morgan fingerprint density at radius 3 is 2.67 bits per heavy atom. The van der Waals surface area contributed by atoms with Crippen LogP contribution in [0.25, 0.3) is 21.9 Å². The highest BCUT2D eigenvalue weighted by atomic mass is 32.1. The standard InChI is InChI=1S/C26H24N2O4S/c1-4-31-26(30)21(23-27-24(29)22-16(2)17(3)33-25(22)28-23)14-19-11-8-12-20(13-19)32-15-18-9-6-5-7-10-18/h5-14H,4,15H2,1-3H3,(H,27,28,29)/b21-14-. The van der Waals surface area contributed by atoms with Crippen molar-refractivity contribution in [2.75, 3.05) is 6.61 Å². The van der Waals surface area contributed by atoms with Gasteiger partial charge in [0.15, 0.2) is 0 Å². The maximum Gasteiger partial charge on any atom is 0.341 e. The number of H-pyrrole nitrogens is 1. The number of aryl methyl sites for hydroxylation is 2. The molecule has 6 nitrogen and oxygen atoms in total. The van der Waals surface area contributed by atoms with E-state index in [0.717, 1.165) is 21.6 Å². The summed E-state index contributed by atoms with van der Waals surface area (Å²) in [7, 11) is 0. The van der Waals surface area contributed by atoms with Crippen molar-refractivity contribution in [1.29, 1.82) is 0 Å². The van der Waals surface area contributed by atoms with Crippen LogP contribution in [0.5, 0.6) is 5.75 Å². The van der Waals surface area contributed by atoms with E-state index >= 15 is 0 Å². The van der Waals surface area contributed by atoms with Crippen molar-refractivity contribution in [3.05, 3.63) is 92.3 Å². The third-order valence-corrected chi connectivity index (χ3v) is 6.31. The topological polar surface area (TPSA) is 81.3 Å². The van der Waals surface area contributed by atoms with Crippen LogP contribution in [0.3, 0.4) is 0 Å². The van der Waals surface area contributed by atoms with Crippen LogP contribution in [0.4, 0.5) is 0 Å². The molecule has 0 spiro atoms. The average molecular weight is 461 g/mol. The van der Waals surface area contributed by atoms with Crippen LogP contribution < -0.4 is 10.3 Å². The van der Waals surface area contributed by atoms with Crippen LogP contribution in [0.15, 0.2) is 59.4 Å². The minimum absolute atomic E-state index is 0.180. The Bertz CT molecular complexity index is 1390.